The largest absolute Gasteiger partial charge is 0.423 e. The van der Waals surface area contributed by atoms with Gasteiger partial charge in [0.25, 0.3) is 0 Å². The van der Waals surface area contributed by atoms with Crippen molar-refractivity contribution in [1.29, 1.82) is 0 Å². The Morgan fingerprint density at radius 2 is 1.67 bits per heavy atom. The molecule has 0 saturated carbocycles. The molecule has 1 unspecified atom stereocenters. The van der Waals surface area contributed by atoms with Gasteiger partial charge in [-0.1, -0.05) is 29.8 Å². The van der Waals surface area contributed by atoms with Gasteiger partial charge >= 0.3 is 12.4 Å². The highest BCUT2D eigenvalue weighted by Crippen LogP contribution is 2.38. The molecule has 0 aliphatic carbocycles. The lowest BCUT2D eigenvalue weighted by Gasteiger charge is -2.28. The van der Waals surface area contributed by atoms with Crippen molar-refractivity contribution in [3.63, 3.8) is 0 Å². The van der Waals surface area contributed by atoms with Gasteiger partial charge in [-0.3, -0.25) is 0 Å². The lowest BCUT2D eigenvalue weighted by molar-refractivity contribution is -0.331. The molecule has 8 heteroatoms. The van der Waals surface area contributed by atoms with E-state index in [1.165, 1.54) is 19.2 Å². The molecule has 1 N–H and O–H groups in total. The zero-order valence-corrected chi connectivity index (χ0v) is 11.3. The third kappa shape index (κ3) is 5.20. The Morgan fingerprint density at radius 1 is 1.10 bits per heavy atom. The van der Waals surface area contributed by atoms with Crippen LogP contribution in [0.1, 0.15) is 17.2 Å². The molecule has 1 aromatic carbocycles. The number of ether oxygens (including phenoxy) is 1. The Balaban J connectivity index is 3.06. The van der Waals surface area contributed by atoms with Crippen LogP contribution >= 0.6 is 0 Å². The summed E-state index contributed by atoms with van der Waals surface area (Å²) in [6.45, 7) is 1.51. The number of benzene rings is 1. The number of likely N-dealkylation sites (N-methyl/N-ethyl adjacent to an activating group) is 1. The maximum Gasteiger partial charge on any atom is 0.423 e. The third-order valence-corrected chi connectivity index (χ3v) is 2.70. The summed E-state index contributed by atoms with van der Waals surface area (Å²) in [6, 6.07) is 6.16. The maximum absolute atomic E-state index is 12.5. The van der Waals surface area contributed by atoms with E-state index >= 15 is 0 Å². The van der Waals surface area contributed by atoms with Crippen molar-refractivity contribution in [3.05, 3.63) is 35.4 Å². The Kier molecular flexibility index (Phi) is 5.63. The van der Waals surface area contributed by atoms with Gasteiger partial charge in [0.2, 0.25) is 6.10 Å². The normalized spacial score (nSPS) is 14.5. The summed E-state index contributed by atoms with van der Waals surface area (Å²) in [7, 11) is 1.42. The first-order chi connectivity index (χ1) is 9.55. The number of aryl methyl sites for hydroxylation is 1. The number of rotatable bonds is 5. The number of hydrogen-bond acceptors (Lipinski definition) is 2. The van der Waals surface area contributed by atoms with Crippen LogP contribution in [0.2, 0.25) is 0 Å². The van der Waals surface area contributed by atoms with Crippen molar-refractivity contribution < 1.29 is 31.1 Å². The van der Waals surface area contributed by atoms with E-state index in [-0.39, 0.29) is 12.1 Å². The first-order valence-corrected chi connectivity index (χ1v) is 6.05. The van der Waals surface area contributed by atoms with Gasteiger partial charge in [0, 0.05) is 6.54 Å². The summed E-state index contributed by atoms with van der Waals surface area (Å²) in [5.74, 6) is 0. The van der Waals surface area contributed by atoms with E-state index in [1.54, 1.807) is 19.1 Å². The number of nitrogens with one attached hydrogen (secondary N) is 1. The molecule has 0 radical (unpaired) electrons. The van der Waals surface area contributed by atoms with Gasteiger partial charge in [-0.05, 0) is 19.5 Å². The lowest BCUT2D eigenvalue weighted by atomic mass is 10.1. The van der Waals surface area contributed by atoms with Gasteiger partial charge in [-0.15, -0.1) is 0 Å². The minimum atomic E-state index is -5.52. The topological polar surface area (TPSA) is 21.3 Å². The predicted octanol–water partition coefficient (Wildman–Crippen LogP) is 3.77. The Labute approximate surface area is 118 Å². The van der Waals surface area contributed by atoms with Crippen molar-refractivity contribution in [1.82, 2.24) is 5.32 Å². The van der Waals surface area contributed by atoms with Crippen molar-refractivity contribution in [3.8, 4) is 0 Å². The molecule has 0 fully saturated rings. The second-order valence-electron chi connectivity index (χ2n) is 4.56. The zero-order chi connectivity index (χ0) is 16.3. The predicted molar refractivity (Wildman–Crippen MR) is 64.8 cm³/mol. The van der Waals surface area contributed by atoms with E-state index in [2.05, 4.69) is 10.1 Å². The zero-order valence-electron chi connectivity index (χ0n) is 11.3. The summed E-state index contributed by atoms with van der Waals surface area (Å²) < 4.78 is 79.6. The van der Waals surface area contributed by atoms with Gasteiger partial charge in [-0.2, -0.15) is 26.3 Å². The van der Waals surface area contributed by atoms with Gasteiger partial charge in [0.05, 0.1) is 6.10 Å². The Bertz CT molecular complexity index is 443. The van der Waals surface area contributed by atoms with Crippen molar-refractivity contribution >= 4 is 0 Å². The number of alkyl halides is 6. The Hall–Kier alpha value is -1.28. The summed E-state index contributed by atoms with van der Waals surface area (Å²) in [4.78, 5) is 0. The Morgan fingerprint density at radius 3 is 2.10 bits per heavy atom. The summed E-state index contributed by atoms with van der Waals surface area (Å²) in [5.41, 5.74) is 0.968. The van der Waals surface area contributed by atoms with E-state index < -0.39 is 24.6 Å². The first kappa shape index (κ1) is 17.8. The molecule has 0 bridgehead atoms. The monoisotopic (exact) mass is 315 g/mol. The fourth-order valence-corrected chi connectivity index (χ4v) is 1.80. The molecule has 1 rings (SSSR count). The van der Waals surface area contributed by atoms with Crippen LogP contribution in [-0.4, -0.2) is 32.0 Å². The highest BCUT2D eigenvalue weighted by atomic mass is 19.4. The molecule has 2 nitrogen and oxygen atoms in total. The van der Waals surface area contributed by atoms with E-state index in [1.807, 2.05) is 0 Å². The summed E-state index contributed by atoms with van der Waals surface area (Å²) in [6.07, 6.45) is -16.2. The molecule has 0 aromatic heterocycles. The molecule has 1 aromatic rings. The molecule has 0 saturated heterocycles. The standard InChI is InChI=1S/C13H15F6NO/c1-8-4-3-5-9(6-8)10(7-20-2)21-11(12(14,15)16)13(17,18)19/h3-6,10-11,20H,7H2,1-2H3. The minimum Gasteiger partial charge on any atom is -0.351 e. The molecule has 0 spiro atoms. The SMILES string of the molecule is CNCC(OC(C(F)(F)F)C(F)(F)F)c1cccc(C)c1. The van der Waals surface area contributed by atoms with E-state index in [4.69, 9.17) is 0 Å². The average Bonchev–Trinajstić information content (AvgIpc) is 2.31. The highest BCUT2D eigenvalue weighted by Gasteiger charge is 2.58. The molecule has 0 aliphatic heterocycles. The quantitative estimate of drug-likeness (QED) is 0.835. The highest BCUT2D eigenvalue weighted by molar-refractivity contribution is 5.24. The van der Waals surface area contributed by atoms with Crippen LogP contribution < -0.4 is 5.32 Å². The number of halogens is 6. The molecule has 0 heterocycles. The second kappa shape index (κ2) is 6.65. The van der Waals surface area contributed by atoms with Gasteiger partial charge in [0.15, 0.2) is 0 Å². The van der Waals surface area contributed by atoms with Crippen molar-refractivity contribution in [2.24, 2.45) is 0 Å². The second-order valence-corrected chi connectivity index (χ2v) is 4.56. The number of hydrogen-bond donors (Lipinski definition) is 1. The molecule has 0 aliphatic rings. The van der Waals surface area contributed by atoms with E-state index in [0.717, 1.165) is 0 Å². The van der Waals surface area contributed by atoms with Crippen molar-refractivity contribution in [2.45, 2.75) is 31.5 Å². The average molecular weight is 315 g/mol. The van der Waals surface area contributed by atoms with Crippen LogP contribution in [0, 0.1) is 6.92 Å². The van der Waals surface area contributed by atoms with Gasteiger partial charge in [0.1, 0.15) is 0 Å². The first-order valence-electron chi connectivity index (χ1n) is 6.05. The van der Waals surface area contributed by atoms with Crippen LogP contribution in [0.4, 0.5) is 26.3 Å². The lowest BCUT2D eigenvalue weighted by Crippen LogP contribution is -2.46. The van der Waals surface area contributed by atoms with E-state index in [9.17, 15) is 26.3 Å². The molecule has 21 heavy (non-hydrogen) atoms. The van der Waals surface area contributed by atoms with Crippen LogP contribution in [0.3, 0.4) is 0 Å². The molecule has 0 amide bonds. The maximum atomic E-state index is 12.5. The van der Waals surface area contributed by atoms with Crippen LogP contribution in [0.15, 0.2) is 24.3 Å². The summed E-state index contributed by atoms with van der Waals surface area (Å²) in [5, 5.41) is 2.53. The molecule has 1 atom stereocenters. The fraction of sp³-hybridized carbons (Fsp3) is 0.538. The molecular weight excluding hydrogens is 300 g/mol. The smallest absolute Gasteiger partial charge is 0.351 e. The van der Waals surface area contributed by atoms with Gasteiger partial charge in [-0.25, -0.2) is 0 Å². The fourth-order valence-electron chi connectivity index (χ4n) is 1.80. The molecule has 120 valence electrons. The minimum absolute atomic E-state index is 0.174. The van der Waals surface area contributed by atoms with Crippen LogP contribution in [0.25, 0.3) is 0 Å². The summed E-state index contributed by atoms with van der Waals surface area (Å²) >= 11 is 0. The van der Waals surface area contributed by atoms with Crippen LogP contribution in [-0.2, 0) is 4.74 Å². The van der Waals surface area contributed by atoms with Gasteiger partial charge < -0.3 is 10.1 Å². The van der Waals surface area contributed by atoms with Crippen molar-refractivity contribution in [2.75, 3.05) is 13.6 Å². The van der Waals surface area contributed by atoms with Crippen LogP contribution in [0.5, 0.6) is 0 Å². The third-order valence-electron chi connectivity index (χ3n) is 2.70. The molecular formula is C13H15F6NO. The van der Waals surface area contributed by atoms with E-state index in [0.29, 0.717) is 5.56 Å².